The summed E-state index contributed by atoms with van der Waals surface area (Å²) in [7, 11) is -3.69. The van der Waals surface area contributed by atoms with Gasteiger partial charge in [-0.25, -0.2) is 18.5 Å². The first-order chi connectivity index (χ1) is 13.9. The fourth-order valence-corrected chi connectivity index (χ4v) is 4.13. The van der Waals surface area contributed by atoms with Gasteiger partial charge in [0.25, 0.3) is 0 Å². The number of carbonyl (C=O) groups excluding carboxylic acids is 1. The van der Waals surface area contributed by atoms with E-state index >= 15 is 0 Å². The molecule has 0 spiro atoms. The maximum atomic E-state index is 12.6. The molecule has 0 fully saturated rings. The number of aromatic nitrogens is 2. The van der Waals surface area contributed by atoms with Crippen molar-refractivity contribution in [2.75, 3.05) is 13.1 Å². The number of rotatable bonds is 5. The first kappa shape index (κ1) is 19.4. The van der Waals surface area contributed by atoms with Crippen molar-refractivity contribution in [3.63, 3.8) is 0 Å². The number of pyridine rings is 1. The number of carbonyl (C=O) groups is 1. The van der Waals surface area contributed by atoms with E-state index in [2.05, 4.69) is 16.0 Å². The largest absolute Gasteiger partial charge is 0.346 e. The summed E-state index contributed by atoms with van der Waals surface area (Å²) in [5, 5.41) is 6.20. The Kier molecular flexibility index (Phi) is 5.21. The number of amides is 1. The molecule has 0 unspecified atom stereocenters. The molecule has 3 heterocycles. The van der Waals surface area contributed by atoms with Gasteiger partial charge < -0.3 is 9.88 Å². The van der Waals surface area contributed by atoms with Crippen molar-refractivity contribution in [1.82, 2.24) is 14.9 Å². The first-order valence-electron chi connectivity index (χ1n) is 9.43. The number of fused-ring (bicyclic) bond motifs is 1. The van der Waals surface area contributed by atoms with Crippen LogP contribution in [0.3, 0.4) is 0 Å². The van der Waals surface area contributed by atoms with Crippen LogP contribution >= 0.6 is 0 Å². The van der Waals surface area contributed by atoms with Gasteiger partial charge in [-0.1, -0.05) is 18.2 Å². The second-order valence-corrected chi connectivity index (χ2v) is 8.67. The molecule has 1 aromatic carbocycles. The van der Waals surface area contributed by atoms with Crippen molar-refractivity contribution in [3.8, 4) is 0 Å². The SMILES string of the molecule is NS(=O)(=O)c1ccc(CCC(=O)N2CC=C(c3c[nH]c4ncccc34)CC2)cc1. The second-order valence-electron chi connectivity index (χ2n) is 7.11. The third-order valence-corrected chi connectivity index (χ3v) is 6.17. The average Bonchev–Trinajstić information content (AvgIpc) is 3.16. The van der Waals surface area contributed by atoms with Crippen LogP contribution in [0.2, 0.25) is 0 Å². The third-order valence-electron chi connectivity index (χ3n) is 5.24. The van der Waals surface area contributed by atoms with Crippen LogP contribution in [0.25, 0.3) is 16.6 Å². The molecule has 150 valence electrons. The van der Waals surface area contributed by atoms with Crippen molar-refractivity contribution in [3.05, 3.63) is 66.0 Å². The molecular weight excluding hydrogens is 388 g/mol. The van der Waals surface area contributed by atoms with Gasteiger partial charge in [-0.2, -0.15) is 0 Å². The molecule has 2 aromatic heterocycles. The molecule has 1 aliphatic rings. The van der Waals surface area contributed by atoms with Gasteiger partial charge >= 0.3 is 0 Å². The number of aromatic amines is 1. The molecule has 0 saturated carbocycles. The Balaban J connectivity index is 1.36. The van der Waals surface area contributed by atoms with E-state index in [1.807, 2.05) is 23.2 Å². The Hall–Kier alpha value is -2.97. The molecule has 4 rings (SSSR count). The minimum atomic E-state index is -3.69. The summed E-state index contributed by atoms with van der Waals surface area (Å²) in [6.07, 6.45) is 7.60. The molecule has 0 radical (unpaired) electrons. The van der Waals surface area contributed by atoms with Gasteiger partial charge in [0.05, 0.1) is 4.90 Å². The minimum Gasteiger partial charge on any atom is -0.346 e. The zero-order chi connectivity index (χ0) is 20.4. The van der Waals surface area contributed by atoms with Crippen LogP contribution in [0.1, 0.15) is 24.0 Å². The Morgan fingerprint density at radius 3 is 2.69 bits per heavy atom. The van der Waals surface area contributed by atoms with E-state index in [0.29, 0.717) is 25.9 Å². The summed E-state index contributed by atoms with van der Waals surface area (Å²) in [5.41, 5.74) is 4.16. The Labute approximate surface area is 169 Å². The Bertz CT molecular complexity index is 1180. The lowest BCUT2D eigenvalue weighted by atomic mass is 9.99. The monoisotopic (exact) mass is 410 g/mol. The molecule has 29 heavy (non-hydrogen) atoms. The quantitative estimate of drug-likeness (QED) is 0.673. The molecule has 0 bridgehead atoms. The smallest absolute Gasteiger partial charge is 0.238 e. The van der Waals surface area contributed by atoms with E-state index in [4.69, 9.17) is 5.14 Å². The van der Waals surface area contributed by atoms with Gasteiger partial charge in [0.1, 0.15) is 5.65 Å². The number of primary sulfonamides is 1. The number of nitrogens with zero attached hydrogens (tertiary/aromatic N) is 2. The van der Waals surface area contributed by atoms with Gasteiger partial charge in [0.2, 0.25) is 15.9 Å². The number of aryl methyl sites for hydroxylation is 1. The van der Waals surface area contributed by atoms with Crippen molar-refractivity contribution in [2.45, 2.75) is 24.2 Å². The van der Waals surface area contributed by atoms with E-state index in [1.54, 1.807) is 18.3 Å². The van der Waals surface area contributed by atoms with Crippen molar-refractivity contribution < 1.29 is 13.2 Å². The van der Waals surface area contributed by atoms with Crippen LogP contribution in [-0.4, -0.2) is 42.3 Å². The lowest BCUT2D eigenvalue weighted by Gasteiger charge is -2.26. The summed E-state index contributed by atoms with van der Waals surface area (Å²) in [6.45, 7) is 1.27. The number of H-pyrrole nitrogens is 1. The maximum Gasteiger partial charge on any atom is 0.238 e. The fourth-order valence-electron chi connectivity index (χ4n) is 3.62. The van der Waals surface area contributed by atoms with E-state index in [-0.39, 0.29) is 10.8 Å². The predicted molar refractivity (Wildman–Crippen MR) is 111 cm³/mol. The van der Waals surface area contributed by atoms with E-state index in [9.17, 15) is 13.2 Å². The average molecular weight is 410 g/mol. The van der Waals surface area contributed by atoms with Gasteiger partial charge in [0.15, 0.2) is 0 Å². The van der Waals surface area contributed by atoms with Gasteiger partial charge in [-0.15, -0.1) is 0 Å². The highest BCUT2D eigenvalue weighted by Gasteiger charge is 2.19. The molecular formula is C21H22N4O3S. The van der Waals surface area contributed by atoms with Crippen LogP contribution in [0, 0.1) is 0 Å². The van der Waals surface area contributed by atoms with Crippen molar-refractivity contribution in [2.24, 2.45) is 5.14 Å². The first-order valence-corrected chi connectivity index (χ1v) is 11.0. The van der Waals surface area contributed by atoms with E-state index < -0.39 is 10.0 Å². The molecule has 3 aromatic rings. The van der Waals surface area contributed by atoms with Crippen LogP contribution in [0.4, 0.5) is 0 Å². The van der Waals surface area contributed by atoms with Crippen LogP contribution in [-0.2, 0) is 21.2 Å². The molecule has 3 N–H and O–H groups in total. The summed E-state index contributed by atoms with van der Waals surface area (Å²) in [5.74, 6) is 0.0939. The zero-order valence-corrected chi connectivity index (χ0v) is 16.7. The maximum absolute atomic E-state index is 12.6. The Morgan fingerprint density at radius 1 is 1.21 bits per heavy atom. The third kappa shape index (κ3) is 4.23. The molecule has 0 aliphatic carbocycles. The number of hydrogen-bond acceptors (Lipinski definition) is 4. The normalized spacial score (nSPS) is 14.8. The van der Waals surface area contributed by atoms with Crippen molar-refractivity contribution >= 4 is 32.5 Å². The summed E-state index contributed by atoms with van der Waals surface area (Å²) in [6, 6.07) is 10.3. The van der Waals surface area contributed by atoms with Crippen LogP contribution in [0.15, 0.2) is 59.8 Å². The molecule has 1 amide bonds. The standard InChI is InChI=1S/C21H22N4O3S/c22-29(27,28)17-6-3-15(4-7-17)5-8-20(26)25-12-9-16(10-13-25)19-14-24-21-18(19)2-1-11-23-21/h1-4,6-7,9,11,14H,5,8,10,12-13H2,(H,23,24)(H2,22,27,28). The van der Waals surface area contributed by atoms with Gasteiger partial charge in [-0.05, 0) is 48.2 Å². The van der Waals surface area contributed by atoms with Crippen LogP contribution < -0.4 is 5.14 Å². The molecule has 1 aliphatic heterocycles. The number of nitrogens with one attached hydrogen (secondary N) is 1. The number of hydrogen-bond donors (Lipinski definition) is 2. The summed E-state index contributed by atoms with van der Waals surface area (Å²) < 4.78 is 22.6. The Morgan fingerprint density at radius 2 is 2.00 bits per heavy atom. The zero-order valence-electron chi connectivity index (χ0n) is 15.8. The van der Waals surface area contributed by atoms with E-state index in [0.717, 1.165) is 28.6 Å². The summed E-state index contributed by atoms with van der Waals surface area (Å²) in [4.78, 5) is 22.0. The number of sulfonamides is 1. The van der Waals surface area contributed by atoms with Gasteiger partial charge in [-0.3, -0.25) is 4.79 Å². The highest BCUT2D eigenvalue weighted by molar-refractivity contribution is 7.89. The van der Waals surface area contributed by atoms with E-state index in [1.165, 1.54) is 17.7 Å². The second kappa shape index (κ2) is 7.81. The number of nitrogens with two attached hydrogens (primary N) is 1. The molecule has 0 atom stereocenters. The lowest BCUT2D eigenvalue weighted by Crippen LogP contribution is -2.34. The minimum absolute atomic E-state index is 0.0776. The topological polar surface area (TPSA) is 109 Å². The summed E-state index contributed by atoms with van der Waals surface area (Å²) >= 11 is 0. The highest BCUT2D eigenvalue weighted by Crippen LogP contribution is 2.28. The molecule has 0 saturated heterocycles. The van der Waals surface area contributed by atoms with Crippen LogP contribution in [0.5, 0.6) is 0 Å². The number of benzene rings is 1. The lowest BCUT2D eigenvalue weighted by molar-refractivity contribution is -0.130. The predicted octanol–water partition coefficient (Wildman–Crippen LogP) is 2.46. The molecule has 8 heteroatoms. The highest BCUT2D eigenvalue weighted by atomic mass is 32.2. The van der Waals surface area contributed by atoms with Crippen molar-refractivity contribution in [1.29, 1.82) is 0 Å². The van der Waals surface area contributed by atoms with Gasteiger partial charge in [0, 0.05) is 42.9 Å². The molecule has 7 nitrogen and oxygen atoms in total. The fraction of sp³-hybridized carbons (Fsp3) is 0.238.